The second-order valence-electron chi connectivity index (χ2n) is 3.74. The topological polar surface area (TPSA) is 96.9 Å². The van der Waals surface area contributed by atoms with Crippen LogP contribution in [0.1, 0.15) is 6.42 Å². The number of carbonyl (C=O) groups is 2. The van der Waals surface area contributed by atoms with E-state index in [0.29, 0.717) is 0 Å². The fourth-order valence-electron chi connectivity index (χ4n) is 1.13. The lowest BCUT2D eigenvalue weighted by Gasteiger charge is -2.14. The molecule has 0 bridgehead atoms. The van der Waals surface area contributed by atoms with Gasteiger partial charge in [0.2, 0.25) is 0 Å². The molecule has 0 saturated carbocycles. The van der Waals surface area contributed by atoms with E-state index in [1.165, 1.54) is 7.11 Å². The largest absolute Gasteiger partial charge is 0.480 e. The van der Waals surface area contributed by atoms with Gasteiger partial charge in [0.15, 0.2) is 0 Å². The summed E-state index contributed by atoms with van der Waals surface area (Å²) in [6.45, 7) is -1.75. The highest BCUT2D eigenvalue weighted by Crippen LogP contribution is 2.13. The molecule has 0 saturated heterocycles. The number of alkyl halides is 3. The smallest absolute Gasteiger partial charge is 0.411 e. The summed E-state index contributed by atoms with van der Waals surface area (Å²) >= 11 is 0. The summed E-state index contributed by atoms with van der Waals surface area (Å²) in [4.78, 5) is 22.1. The van der Waals surface area contributed by atoms with Crippen molar-refractivity contribution in [1.29, 1.82) is 0 Å². The lowest BCUT2D eigenvalue weighted by atomic mass is 10.2. The van der Waals surface area contributed by atoms with E-state index in [1.54, 1.807) is 0 Å². The highest BCUT2D eigenvalue weighted by Gasteiger charge is 2.27. The number of hydrogen-bond acceptors (Lipinski definition) is 4. The van der Waals surface area contributed by atoms with E-state index in [1.807, 2.05) is 0 Å². The average Bonchev–Trinajstić information content (AvgIpc) is 2.32. The number of hydrogen-bond donors (Lipinski definition) is 3. The predicted molar refractivity (Wildman–Crippen MR) is 61.3 cm³/mol. The van der Waals surface area contributed by atoms with Crippen molar-refractivity contribution in [2.45, 2.75) is 18.6 Å². The molecular weight excluding hydrogens is 285 g/mol. The van der Waals surface area contributed by atoms with Crippen LogP contribution < -0.4 is 10.6 Å². The Balaban J connectivity index is 3.82. The minimum Gasteiger partial charge on any atom is -0.480 e. The zero-order chi connectivity index (χ0) is 15.6. The second kappa shape index (κ2) is 9.37. The molecule has 0 radical (unpaired) electrons. The van der Waals surface area contributed by atoms with Crippen LogP contribution in [-0.2, 0) is 14.3 Å². The maximum absolute atomic E-state index is 11.7. The summed E-state index contributed by atoms with van der Waals surface area (Å²) in [5.74, 6) is -1.23. The fraction of sp³-hybridized carbons (Fsp3) is 0.800. The molecule has 118 valence electrons. The van der Waals surface area contributed by atoms with Gasteiger partial charge in [-0.1, -0.05) is 0 Å². The van der Waals surface area contributed by atoms with Crippen LogP contribution in [0, 0.1) is 0 Å². The summed E-state index contributed by atoms with van der Waals surface area (Å²) in [7, 11) is 1.39. The van der Waals surface area contributed by atoms with Gasteiger partial charge in [0.05, 0.1) is 6.61 Å². The highest BCUT2D eigenvalue weighted by atomic mass is 19.4. The van der Waals surface area contributed by atoms with Crippen molar-refractivity contribution in [3.05, 3.63) is 0 Å². The average molecular weight is 302 g/mol. The van der Waals surface area contributed by atoms with E-state index in [9.17, 15) is 22.8 Å². The van der Waals surface area contributed by atoms with Gasteiger partial charge in [-0.25, -0.2) is 9.59 Å². The third-order valence-electron chi connectivity index (χ3n) is 2.01. The van der Waals surface area contributed by atoms with Crippen molar-refractivity contribution in [1.82, 2.24) is 10.6 Å². The third kappa shape index (κ3) is 10.4. The van der Waals surface area contributed by atoms with E-state index >= 15 is 0 Å². The second-order valence-corrected chi connectivity index (χ2v) is 3.74. The van der Waals surface area contributed by atoms with E-state index in [2.05, 4.69) is 20.1 Å². The Labute approximate surface area is 113 Å². The van der Waals surface area contributed by atoms with Gasteiger partial charge in [0.1, 0.15) is 12.6 Å². The normalized spacial score (nSPS) is 12.8. The van der Waals surface area contributed by atoms with Crippen molar-refractivity contribution in [3.63, 3.8) is 0 Å². The van der Waals surface area contributed by atoms with Crippen LogP contribution in [0.2, 0.25) is 0 Å². The SMILES string of the molecule is COCCC(NC(=O)NCCOCC(F)(F)F)C(=O)O. The number of methoxy groups -OCH3 is 1. The standard InChI is InChI=1S/C10H17F3N2O5/c1-19-4-2-7(8(16)17)15-9(18)14-3-5-20-6-10(11,12)13/h7H,2-6H2,1H3,(H,16,17)(H2,14,15,18). The van der Waals surface area contributed by atoms with Crippen LogP contribution >= 0.6 is 0 Å². The number of rotatable bonds is 9. The molecule has 0 aromatic heterocycles. The Morgan fingerprint density at radius 2 is 1.95 bits per heavy atom. The number of nitrogens with one attached hydrogen (secondary N) is 2. The van der Waals surface area contributed by atoms with Crippen LogP contribution in [0.25, 0.3) is 0 Å². The van der Waals surface area contributed by atoms with Gasteiger partial charge >= 0.3 is 18.2 Å². The lowest BCUT2D eigenvalue weighted by molar-refractivity contribution is -0.173. The molecule has 3 N–H and O–H groups in total. The Morgan fingerprint density at radius 1 is 1.30 bits per heavy atom. The Morgan fingerprint density at radius 3 is 2.45 bits per heavy atom. The van der Waals surface area contributed by atoms with E-state index < -0.39 is 30.8 Å². The Bertz CT molecular complexity index is 312. The van der Waals surface area contributed by atoms with E-state index in [4.69, 9.17) is 5.11 Å². The maximum Gasteiger partial charge on any atom is 0.411 e. The first-order valence-corrected chi connectivity index (χ1v) is 5.67. The molecule has 0 aliphatic heterocycles. The van der Waals surface area contributed by atoms with Crippen LogP contribution in [0.3, 0.4) is 0 Å². The lowest BCUT2D eigenvalue weighted by Crippen LogP contribution is -2.47. The Hall–Kier alpha value is -1.55. The van der Waals surface area contributed by atoms with Crippen molar-refractivity contribution >= 4 is 12.0 Å². The monoisotopic (exact) mass is 302 g/mol. The molecule has 0 spiro atoms. The van der Waals surface area contributed by atoms with Crippen LogP contribution in [-0.4, -0.2) is 62.8 Å². The molecule has 0 aliphatic rings. The van der Waals surface area contributed by atoms with Gasteiger partial charge in [-0.3, -0.25) is 0 Å². The predicted octanol–water partition coefficient (Wildman–Crippen LogP) is 0.354. The molecule has 0 aromatic rings. The highest BCUT2D eigenvalue weighted by molar-refractivity contribution is 5.82. The van der Waals surface area contributed by atoms with Crippen LogP contribution in [0.5, 0.6) is 0 Å². The molecule has 10 heteroatoms. The van der Waals surface area contributed by atoms with E-state index in [-0.39, 0.29) is 26.2 Å². The quantitative estimate of drug-likeness (QED) is 0.534. The minimum atomic E-state index is -4.42. The number of ether oxygens (including phenoxy) is 2. The summed E-state index contributed by atoms with van der Waals surface area (Å²) in [5.41, 5.74) is 0. The number of carboxylic acids is 1. The number of amides is 2. The van der Waals surface area contributed by atoms with Gasteiger partial charge in [-0.15, -0.1) is 0 Å². The molecule has 20 heavy (non-hydrogen) atoms. The number of carbonyl (C=O) groups excluding carboxylic acids is 1. The van der Waals surface area contributed by atoms with Gasteiger partial charge in [-0.05, 0) is 0 Å². The maximum atomic E-state index is 11.7. The van der Waals surface area contributed by atoms with Crippen LogP contribution in [0.15, 0.2) is 0 Å². The first kappa shape index (κ1) is 18.4. The van der Waals surface area contributed by atoms with Gasteiger partial charge in [0.25, 0.3) is 0 Å². The van der Waals surface area contributed by atoms with Crippen molar-refractivity contribution < 1.29 is 37.3 Å². The van der Waals surface area contributed by atoms with Crippen molar-refractivity contribution in [2.75, 3.05) is 33.5 Å². The summed E-state index contributed by atoms with van der Waals surface area (Å²) in [5, 5.41) is 13.1. The summed E-state index contributed by atoms with van der Waals surface area (Å²) < 4.78 is 44.1. The summed E-state index contributed by atoms with van der Waals surface area (Å²) in [6.07, 6.45) is -4.35. The molecular formula is C10H17F3N2O5. The zero-order valence-electron chi connectivity index (χ0n) is 10.8. The number of halogens is 3. The van der Waals surface area contributed by atoms with Gasteiger partial charge < -0.3 is 25.2 Å². The number of carboxylic acid groups (broad SMARTS) is 1. The molecule has 0 heterocycles. The van der Waals surface area contributed by atoms with Crippen molar-refractivity contribution in [2.24, 2.45) is 0 Å². The molecule has 0 aliphatic carbocycles. The van der Waals surface area contributed by atoms with E-state index in [0.717, 1.165) is 0 Å². The molecule has 1 unspecified atom stereocenters. The zero-order valence-corrected chi connectivity index (χ0v) is 10.8. The van der Waals surface area contributed by atoms with Gasteiger partial charge in [0, 0.05) is 26.7 Å². The summed E-state index contributed by atoms with van der Waals surface area (Å²) in [6, 6.07) is -1.94. The fourth-order valence-corrected chi connectivity index (χ4v) is 1.13. The number of urea groups is 1. The Kier molecular flexibility index (Phi) is 8.64. The molecule has 2 amide bonds. The minimum absolute atomic E-state index is 0.0732. The molecule has 1 atom stereocenters. The third-order valence-corrected chi connectivity index (χ3v) is 2.01. The number of aliphatic carboxylic acids is 1. The first-order chi connectivity index (χ1) is 9.26. The molecule has 0 rings (SSSR count). The molecule has 0 fully saturated rings. The first-order valence-electron chi connectivity index (χ1n) is 5.67. The van der Waals surface area contributed by atoms with Gasteiger partial charge in [-0.2, -0.15) is 13.2 Å². The van der Waals surface area contributed by atoms with Crippen LogP contribution in [0.4, 0.5) is 18.0 Å². The molecule has 7 nitrogen and oxygen atoms in total. The van der Waals surface area contributed by atoms with Crippen molar-refractivity contribution in [3.8, 4) is 0 Å². The molecule has 0 aromatic carbocycles.